The van der Waals surface area contributed by atoms with Crippen molar-refractivity contribution in [2.75, 3.05) is 0 Å². The van der Waals surface area contributed by atoms with Gasteiger partial charge in [-0.3, -0.25) is 9.51 Å². The molecule has 0 aliphatic heterocycles. The van der Waals surface area contributed by atoms with Crippen LogP contribution >= 0.6 is 11.3 Å². The summed E-state index contributed by atoms with van der Waals surface area (Å²) in [6.07, 6.45) is -4.45. The first kappa shape index (κ1) is 25.4. The van der Waals surface area contributed by atoms with E-state index in [1.165, 1.54) is 35.6 Å². The number of ether oxygens (including phenoxy) is 1. The minimum atomic E-state index is -4.45. The van der Waals surface area contributed by atoms with Gasteiger partial charge in [0.1, 0.15) is 28.7 Å². The van der Waals surface area contributed by atoms with Crippen LogP contribution in [0.4, 0.5) is 17.6 Å². The lowest BCUT2D eigenvalue weighted by Gasteiger charge is -2.08. The van der Waals surface area contributed by atoms with E-state index < -0.39 is 23.3 Å². The van der Waals surface area contributed by atoms with Gasteiger partial charge in [-0.1, -0.05) is 34.6 Å². The number of benzene rings is 3. The molecule has 3 heterocycles. The summed E-state index contributed by atoms with van der Waals surface area (Å²) in [5.74, 6) is -1.35. The Hall–Kier alpha value is -4.85. The topological polar surface area (TPSA) is 112 Å². The first-order valence-electron chi connectivity index (χ1n) is 11.7. The maximum atomic E-state index is 14.7. The first-order chi connectivity index (χ1) is 19.2. The lowest BCUT2D eigenvalue weighted by molar-refractivity contribution is -0.137. The molecule has 0 saturated carbocycles. The van der Waals surface area contributed by atoms with Gasteiger partial charge in [0.25, 0.3) is 0 Å². The highest BCUT2D eigenvalue weighted by molar-refractivity contribution is 7.15. The summed E-state index contributed by atoms with van der Waals surface area (Å²) >= 11 is 1.24. The Kier molecular flexibility index (Phi) is 6.38. The number of hydrogen-bond donors (Lipinski definition) is 1. The molecule has 6 rings (SSSR count). The average Bonchev–Trinajstić information content (AvgIpc) is 3.66. The quantitative estimate of drug-likeness (QED) is 0.247. The van der Waals surface area contributed by atoms with Gasteiger partial charge in [-0.15, -0.1) is 16.4 Å². The normalized spacial score (nSPS) is 11.8. The molecule has 202 valence electrons. The molecule has 14 heteroatoms. The Morgan fingerprint density at radius 2 is 1.85 bits per heavy atom. The number of aromatic nitrogens is 6. The van der Waals surface area contributed by atoms with Crippen LogP contribution in [0.3, 0.4) is 0 Å². The maximum Gasteiger partial charge on any atom is 0.439 e. The fourth-order valence-corrected chi connectivity index (χ4v) is 4.98. The first-order valence-corrected chi connectivity index (χ1v) is 12.5. The number of nitrogens with one attached hydrogen (secondary N) is 1. The van der Waals surface area contributed by atoms with Crippen molar-refractivity contribution in [3.05, 3.63) is 99.2 Å². The highest BCUT2D eigenvalue weighted by atomic mass is 32.1. The fourth-order valence-electron chi connectivity index (χ4n) is 3.99. The standard InChI is InChI=1S/C26H16F4N6O3S/c27-18-11-16(9-10-17(18)23-32-25(37)39-34-23)38-13-22-20(12-36-21-4-2-1-3-19(21)33-35-36)31-24(40-22)14-5-7-15(8-6-14)26(28,29)30/h1-11H,12-13H2,(H,32,34,37). The van der Waals surface area contributed by atoms with Crippen LogP contribution in [-0.4, -0.2) is 30.1 Å². The molecule has 0 aliphatic carbocycles. The smallest absolute Gasteiger partial charge is 0.439 e. The largest absolute Gasteiger partial charge is 0.488 e. The second-order valence-corrected chi connectivity index (χ2v) is 9.66. The van der Waals surface area contributed by atoms with Gasteiger partial charge in [-0.25, -0.2) is 18.9 Å². The molecule has 9 nitrogen and oxygen atoms in total. The number of halogens is 4. The van der Waals surface area contributed by atoms with Gasteiger partial charge >= 0.3 is 11.9 Å². The summed E-state index contributed by atoms with van der Waals surface area (Å²) in [7, 11) is 0. The van der Waals surface area contributed by atoms with Gasteiger partial charge in [0.05, 0.1) is 33.8 Å². The Labute approximate surface area is 225 Å². The molecule has 40 heavy (non-hydrogen) atoms. The molecular formula is C26H16F4N6O3S. The third-order valence-electron chi connectivity index (χ3n) is 5.96. The van der Waals surface area contributed by atoms with Crippen LogP contribution in [0.15, 0.2) is 76.0 Å². The van der Waals surface area contributed by atoms with Gasteiger partial charge in [-0.2, -0.15) is 13.2 Å². The molecule has 3 aromatic carbocycles. The van der Waals surface area contributed by atoms with Crippen LogP contribution < -0.4 is 10.5 Å². The van der Waals surface area contributed by atoms with E-state index >= 15 is 0 Å². The second-order valence-electron chi connectivity index (χ2n) is 8.57. The molecule has 6 aromatic rings. The fraction of sp³-hybridized carbons (Fsp3) is 0.115. The Balaban J connectivity index is 1.30. The lowest BCUT2D eigenvalue weighted by Crippen LogP contribution is -2.06. The molecule has 0 amide bonds. The molecule has 3 aromatic heterocycles. The van der Waals surface area contributed by atoms with Crippen molar-refractivity contribution in [3.8, 4) is 27.7 Å². The zero-order valence-corrected chi connectivity index (χ0v) is 21.0. The van der Waals surface area contributed by atoms with E-state index in [1.54, 1.807) is 4.68 Å². The Morgan fingerprint density at radius 3 is 2.58 bits per heavy atom. The number of para-hydroxylation sites is 1. The van der Waals surface area contributed by atoms with Crippen LogP contribution in [0.25, 0.3) is 33.0 Å². The predicted octanol–water partition coefficient (Wildman–Crippen LogP) is 5.68. The van der Waals surface area contributed by atoms with E-state index in [9.17, 15) is 22.4 Å². The van der Waals surface area contributed by atoms with Crippen molar-refractivity contribution in [2.45, 2.75) is 19.3 Å². The van der Waals surface area contributed by atoms with E-state index in [0.717, 1.165) is 23.7 Å². The van der Waals surface area contributed by atoms with Gasteiger partial charge in [0, 0.05) is 11.6 Å². The maximum absolute atomic E-state index is 14.7. The third kappa shape index (κ3) is 5.08. The van der Waals surface area contributed by atoms with Crippen molar-refractivity contribution in [2.24, 2.45) is 0 Å². The number of H-pyrrole nitrogens is 1. The molecule has 0 fully saturated rings. The summed E-state index contributed by atoms with van der Waals surface area (Å²) in [6.45, 7) is 0.225. The van der Waals surface area contributed by atoms with E-state index in [0.29, 0.717) is 26.7 Å². The molecule has 0 aliphatic rings. The van der Waals surface area contributed by atoms with E-state index in [-0.39, 0.29) is 30.3 Å². The molecule has 0 saturated heterocycles. The van der Waals surface area contributed by atoms with E-state index in [4.69, 9.17) is 4.74 Å². The number of nitrogens with zero attached hydrogens (tertiary/aromatic N) is 5. The van der Waals surface area contributed by atoms with Crippen LogP contribution in [-0.2, 0) is 19.3 Å². The monoisotopic (exact) mass is 568 g/mol. The Morgan fingerprint density at radius 1 is 1.05 bits per heavy atom. The molecule has 0 radical (unpaired) electrons. The predicted molar refractivity (Wildman–Crippen MR) is 136 cm³/mol. The van der Waals surface area contributed by atoms with Crippen molar-refractivity contribution in [3.63, 3.8) is 0 Å². The SMILES string of the molecule is O=c1[nH]c(-c2ccc(OCc3sc(-c4ccc(C(F)(F)F)cc4)nc3Cn3nnc4ccccc43)cc2F)no1. The molecule has 0 bridgehead atoms. The van der Waals surface area contributed by atoms with E-state index in [2.05, 4.69) is 30.0 Å². The van der Waals surface area contributed by atoms with Gasteiger partial charge < -0.3 is 4.74 Å². The minimum Gasteiger partial charge on any atom is -0.488 e. The second kappa shape index (κ2) is 10.0. The van der Waals surface area contributed by atoms with Crippen LogP contribution in [0.5, 0.6) is 5.75 Å². The lowest BCUT2D eigenvalue weighted by atomic mass is 10.1. The molecule has 0 unspecified atom stereocenters. The van der Waals surface area contributed by atoms with Gasteiger partial charge in [0.2, 0.25) is 0 Å². The number of rotatable bonds is 7. The average molecular weight is 569 g/mol. The van der Waals surface area contributed by atoms with Crippen molar-refractivity contribution < 1.29 is 26.8 Å². The minimum absolute atomic E-state index is 0.000154. The number of hydrogen-bond acceptors (Lipinski definition) is 8. The summed E-state index contributed by atoms with van der Waals surface area (Å²) in [5.41, 5.74) is 1.83. The summed E-state index contributed by atoms with van der Waals surface area (Å²) in [4.78, 5) is 18.8. The highest BCUT2D eigenvalue weighted by Gasteiger charge is 2.30. The van der Waals surface area contributed by atoms with Crippen LogP contribution in [0.2, 0.25) is 0 Å². The number of aromatic amines is 1. The summed E-state index contributed by atoms with van der Waals surface area (Å²) in [6, 6.07) is 16.2. The molecule has 1 N–H and O–H groups in total. The number of alkyl halides is 3. The number of thiazole rings is 1. The molecule has 0 spiro atoms. The zero-order valence-electron chi connectivity index (χ0n) is 20.1. The van der Waals surface area contributed by atoms with Crippen molar-refractivity contribution in [1.29, 1.82) is 0 Å². The summed E-state index contributed by atoms with van der Waals surface area (Å²) < 4.78 is 65.8. The van der Waals surface area contributed by atoms with Crippen LogP contribution in [0.1, 0.15) is 16.1 Å². The van der Waals surface area contributed by atoms with Crippen molar-refractivity contribution >= 4 is 22.4 Å². The van der Waals surface area contributed by atoms with Crippen molar-refractivity contribution in [1.82, 2.24) is 30.1 Å². The highest BCUT2D eigenvalue weighted by Crippen LogP contribution is 2.34. The number of fused-ring (bicyclic) bond motifs is 1. The van der Waals surface area contributed by atoms with Gasteiger partial charge in [-0.05, 0) is 36.4 Å². The van der Waals surface area contributed by atoms with Crippen LogP contribution in [0, 0.1) is 5.82 Å². The molecular weight excluding hydrogens is 552 g/mol. The van der Waals surface area contributed by atoms with Gasteiger partial charge in [0.15, 0.2) is 5.82 Å². The van der Waals surface area contributed by atoms with E-state index in [1.807, 2.05) is 24.3 Å². The Bertz CT molecular complexity index is 1870. The summed E-state index contributed by atoms with van der Waals surface area (Å²) in [5, 5.41) is 12.3. The molecule has 0 atom stereocenters. The zero-order chi connectivity index (χ0) is 27.9. The third-order valence-corrected chi connectivity index (χ3v) is 7.08.